The van der Waals surface area contributed by atoms with Crippen molar-refractivity contribution < 1.29 is 18.8 Å². The number of nitrogens with zero attached hydrogens (tertiary/aromatic N) is 1. The van der Waals surface area contributed by atoms with Crippen LogP contribution in [0.5, 0.6) is 0 Å². The second-order valence-electron chi connectivity index (χ2n) is 6.90. The lowest BCUT2D eigenvalue weighted by atomic mass is 10.1. The average Bonchev–Trinajstić information content (AvgIpc) is 3.19. The standard InChI is InChI=1S/C20H18FN3O3/c1-11-2-5-17(16(21)6-11)24-10-13(7-18(24)25)19(26)23-14-4-3-12-9-22-20(27)15(12)8-14/h2-6,8,13H,7,9-10H2,1H3,(H,22,27)(H,23,26)/t13-/m1/s1. The van der Waals surface area contributed by atoms with Crippen molar-refractivity contribution in [2.45, 2.75) is 19.9 Å². The molecule has 6 nitrogen and oxygen atoms in total. The van der Waals surface area contributed by atoms with E-state index in [1.54, 1.807) is 37.3 Å². The Morgan fingerprint density at radius 3 is 2.81 bits per heavy atom. The summed E-state index contributed by atoms with van der Waals surface area (Å²) in [4.78, 5) is 37.9. The van der Waals surface area contributed by atoms with Gasteiger partial charge in [0.15, 0.2) is 0 Å². The van der Waals surface area contributed by atoms with Crippen LogP contribution in [0.25, 0.3) is 0 Å². The van der Waals surface area contributed by atoms with E-state index >= 15 is 0 Å². The van der Waals surface area contributed by atoms with Crippen molar-refractivity contribution in [3.8, 4) is 0 Å². The van der Waals surface area contributed by atoms with Gasteiger partial charge in [-0.15, -0.1) is 0 Å². The predicted octanol–water partition coefficient (Wildman–Crippen LogP) is 2.37. The summed E-state index contributed by atoms with van der Waals surface area (Å²) in [5, 5.41) is 5.48. The zero-order valence-corrected chi connectivity index (χ0v) is 14.7. The van der Waals surface area contributed by atoms with Crippen LogP contribution in [-0.4, -0.2) is 24.3 Å². The van der Waals surface area contributed by atoms with E-state index in [2.05, 4.69) is 10.6 Å². The summed E-state index contributed by atoms with van der Waals surface area (Å²) in [5.41, 5.74) is 2.88. The highest BCUT2D eigenvalue weighted by atomic mass is 19.1. The maximum Gasteiger partial charge on any atom is 0.251 e. The van der Waals surface area contributed by atoms with Crippen LogP contribution >= 0.6 is 0 Å². The minimum absolute atomic E-state index is 0.0184. The Bertz CT molecular complexity index is 973. The molecule has 0 bridgehead atoms. The number of nitrogens with one attached hydrogen (secondary N) is 2. The van der Waals surface area contributed by atoms with Crippen molar-refractivity contribution >= 4 is 29.1 Å². The third-order valence-electron chi connectivity index (χ3n) is 4.95. The minimum atomic E-state index is -0.583. The number of hydrogen-bond acceptors (Lipinski definition) is 3. The lowest BCUT2D eigenvalue weighted by Gasteiger charge is -2.18. The fourth-order valence-electron chi connectivity index (χ4n) is 3.48. The molecule has 2 aromatic rings. The molecule has 2 aromatic carbocycles. The van der Waals surface area contributed by atoms with Gasteiger partial charge in [0.05, 0.1) is 11.6 Å². The van der Waals surface area contributed by atoms with Crippen LogP contribution in [0.3, 0.4) is 0 Å². The van der Waals surface area contributed by atoms with Gasteiger partial charge in [-0.3, -0.25) is 14.4 Å². The molecule has 2 aliphatic heterocycles. The first kappa shape index (κ1) is 17.2. The van der Waals surface area contributed by atoms with Gasteiger partial charge < -0.3 is 15.5 Å². The Morgan fingerprint density at radius 2 is 2.04 bits per heavy atom. The smallest absolute Gasteiger partial charge is 0.251 e. The molecule has 2 aliphatic rings. The average molecular weight is 367 g/mol. The second kappa shape index (κ2) is 6.50. The van der Waals surface area contributed by atoms with Gasteiger partial charge in [0, 0.05) is 30.8 Å². The zero-order chi connectivity index (χ0) is 19.1. The van der Waals surface area contributed by atoms with Gasteiger partial charge in [0.2, 0.25) is 11.8 Å². The number of rotatable bonds is 3. The van der Waals surface area contributed by atoms with Crippen LogP contribution in [-0.2, 0) is 16.1 Å². The van der Waals surface area contributed by atoms with Crippen LogP contribution in [0, 0.1) is 18.7 Å². The fraction of sp³-hybridized carbons (Fsp3) is 0.250. The Hall–Kier alpha value is -3.22. The molecule has 7 heteroatoms. The normalized spacial score (nSPS) is 18.4. The largest absolute Gasteiger partial charge is 0.348 e. The quantitative estimate of drug-likeness (QED) is 0.874. The van der Waals surface area contributed by atoms with Crippen molar-refractivity contribution in [1.29, 1.82) is 0 Å². The van der Waals surface area contributed by atoms with Gasteiger partial charge in [-0.05, 0) is 42.3 Å². The van der Waals surface area contributed by atoms with Gasteiger partial charge >= 0.3 is 0 Å². The number of aryl methyl sites for hydroxylation is 1. The molecule has 0 unspecified atom stereocenters. The summed E-state index contributed by atoms with van der Waals surface area (Å²) in [7, 11) is 0. The first-order chi connectivity index (χ1) is 12.9. The Balaban J connectivity index is 1.48. The topological polar surface area (TPSA) is 78.5 Å². The molecule has 0 radical (unpaired) electrons. The molecule has 1 fully saturated rings. The Morgan fingerprint density at radius 1 is 1.22 bits per heavy atom. The molecule has 3 amide bonds. The summed E-state index contributed by atoms with van der Waals surface area (Å²) >= 11 is 0. The van der Waals surface area contributed by atoms with Crippen molar-refractivity contribution in [2.24, 2.45) is 5.92 Å². The highest BCUT2D eigenvalue weighted by Gasteiger charge is 2.36. The number of halogens is 1. The van der Waals surface area contributed by atoms with E-state index in [-0.39, 0.29) is 36.4 Å². The van der Waals surface area contributed by atoms with Gasteiger partial charge in [-0.25, -0.2) is 4.39 Å². The molecule has 27 heavy (non-hydrogen) atoms. The first-order valence-corrected chi connectivity index (χ1v) is 8.71. The van der Waals surface area contributed by atoms with Crippen LogP contribution in [0.4, 0.5) is 15.8 Å². The SMILES string of the molecule is Cc1ccc(N2C[C@H](C(=O)Nc3ccc4c(c3)C(=O)NC4)CC2=O)c(F)c1. The van der Waals surface area contributed by atoms with Crippen molar-refractivity contribution in [3.05, 3.63) is 58.9 Å². The number of amides is 3. The van der Waals surface area contributed by atoms with E-state index in [9.17, 15) is 18.8 Å². The van der Waals surface area contributed by atoms with E-state index in [0.717, 1.165) is 11.1 Å². The monoisotopic (exact) mass is 367 g/mol. The van der Waals surface area contributed by atoms with E-state index < -0.39 is 11.7 Å². The third kappa shape index (κ3) is 3.16. The van der Waals surface area contributed by atoms with E-state index in [1.807, 2.05) is 0 Å². The summed E-state index contributed by atoms with van der Waals surface area (Å²) in [6.45, 7) is 2.37. The summed E-state index contributed by atoms with van der Waals surface area (Å²) < 4.78 is 14.2. The molecule has 4 rings (SSSR count). The second-order valence-corrected chi connectivity index (χ2v) is 6.90. The van der Waals surface area contributed by atoms with E-state index in [0.29, 0.717) is 17.8 Å². The highest BCUT2D eigenvalue weighted by Crippen LogP contribution is 2.29. The molecule has 1 atom stereocenters. The molecule has 0 aliphatic carbocycles. The highest BCUT2D eigenvalue weighted by molar-refractivity contribution is 6.04. The van der Waals surface area contributed by atoms with Crippen molar-refractivity contribution in [3.63, 3.8) is 0 Å². The lowest BCUT2D eigenvalue weighted by Crippen LogP contribution is -2.28. The van der Waals surface area contributed by atoms with E-state index in [1.165, 1.54) is 11.0 Å². The predicted molar refractivity (Wildman–Crippen MR) is 97.8 cm³/mol. The molecular formula is C20H18FN3O3. The number of anilines is 2. The van der Waals surface area contributed by atoms with Crippen molar-refractivity contribution in [2.75, 3.05) is 16.8 Å². The molecule has 0 aromatic heterocycles. The number of carbonyl (C=O) groups excluding carboxylic acids is 3. The van der Waals surface area contributed by atoms with Gasteiger partial charge in [0.1, 0.15) is 5.82 Å². The number of hydrogen-bond donors (Lipinski definition) is 2. The van der Waals surface area contributed by atoms with Gasteiger partial charge in [0.25, 0.3) is 5.91 Å². The summed E-state index contributed by atoms with van der Waals surface area (Å²) in [5.74, 6) is -1.84. The Labute approximate surface area is 155 Å². The molecule has 2 N–H and O–H groups in total. The van der Waals surface area contributed by atoms with Gasteiger partial charge in [-0.1, -0.05) is 12.1 Å². The molecular weight excluding hydrogens is 349 g/mol. The maximum atomic E-state index is 14.2. The number of benzene rings is 2. The van der Waals surface area contributed by atoms with Crippen LogP contribution < -0.4 is 15.5 Å². The van der Waals surface area contributed by atoms with Crippen LogP contribution in [0.1, 0.15) is 27.9 Å². The van der Waals surface area contributed by atoms with E-state index in [4.69, 9.17) is 0 Å². The number of carbonyl (C=O) groups is 3. The number of fused-ring (bicyclic) bond motifs is 1. The molecule has 2 heterocycles. The molecule has 138 valence electrons. The molecule has 0 spiro atoms. The van der Waals surface area contributed by atoms with Crippen LogP contribution in [0.15, 0.2) is 36.4 Å². The summed E-state index contributed by atoms with van der Waals surface area (Å²) in [6.07, 6.45) is 0.0184. The fourth-order valence-corrected chi connectivity index (χ4v) is 3.48. The zero-order valence-electron chi connectivity index (χ0n) is 14.7. The lowest BCUT2D eigenvalue weighted by molar-refractivity contribution is -0.122. The first-order valence-electron chi connectivity index (χ1n) is 8.71. The Kier molecular flexibility index (Phi) is 4.14. The molecule has 0 saturated carbocycles. The third-order valence-corrected chi connectivity index (χ3v) is 4.95. The van der Waals surface area contributed by atoms with Crippen molar-refractivity contribution in [1.82, 2.24) is 5.32 Å². The van der Waals surface area contributed by atoms with Gasteiger partial charge in [-0.2, -0.15) is 0 Å². The summed E-state index contributed by atoms with van der Waals surface area (Å²) in [6, 6.07) is 9.80. The minimum Gasteiger partial charge on any atom is -0.348 e. The molecule has 1 saturated heterocycles. The maximum absolute atomic E-state index is 14.2. The van der Waals surface area contributed by atoms with Crippen LogP contribution in [0.2, 0.25) is 0 Å².